The number of carbonyl (C=O) groups is 1. The normalized spacial score (nSPS) is 11.2. The molecule has 0 saturated heterocycles. The molecule has 0 unspecified atom stereocenters. The average Bonchev–Trinajstić information content (AvgIpc) is 2.98. The van der Waals surface area contributed by atoms with Crippen molar-refractivity contribution in [3.05, 3.63) is 35.7 Å². The molecule has 1 amide bonds. The fourth-order valence-corrected chi connectivity index (χ4v) is 2.41. The highest BCUT2D eigenvalue weighted by Crippen LogP contribution is 2.10. The van der Waals surface area contributed by atoms with Crippen molar-refractivity contribution >= 4 is 15.9 Å². The summed E-state index contributed by atoms with van der Waals surface area (Å²) in [6, 6.07) is 5.57. The van der Waals surface area contributed by atoms with Gasteiger partial charge in [-0.2, -0.15) is 5.21 Å². The number of H-pyrrole nitrogens is 1. The number of aromatic amines is 1. The third-order valence-electron chi connectivity index (χ3n) is 2.46. The van der Waals surface area contributed by atoms with Crippen LogP contribution in [0.15, 0.2) is 29.2 Å². The van der Waals surface area contributed by atoms with Crippen LogP contribution in [-0.2, 0) is 16.6 Å². The number of benzene rings is 1. The van der Waals surface area contributed by atoms with Gasteiger partial charge in [0.05, 0.1) is 11.4 Å². The molecule has 3 N–H and O–H groups in total. The first-order chi connectivity index (χ1) is 9.53. The van der Waals surface area contributed by atoms with Gasteiger partial charge in [-0.1, -0.05) is 5.21 Å². The number of hydrogen-bond acceptors (Lipinski definition) is 6. The topological polar surface area (TPSA) is 130 Å². The van der Waals surface area contributed by atoms with Gasteiger partial charge in [0.2, 0.25) is 10.0 Å². The lowest BCUT2D eigenvalue weighted by atomic mass is 10.2. The molecule has 0 aliphatic rings. The number of carbonyl (C=O) groups excluding carboxylic acids is 1. The van der Waals surface area contributed by atoms with Gasteiger partial charge in [-0.05, 0) is 24.3 Å². The summed E-state index contributed by atoms with van der Waals surface area (Å²) >= 11 is 0. The van der Waals surface area contributed by atoms with Crippen LogP contribution >= 0.6 is 0 Å². The molecule has 0 radical (unpaired) electrons. The van der Waals surface area contributed by atoms with E-state index in [0.29, 0.717) is 5.56 Å². The Morgan fingerprint density at radius 3 is 2.55 bits per heavy atom. The van der Waals surface area contributed by atoms with E-state index < -0.39 is 10.0 Å². The van der Waals surface area contributed by atoms with Crippen LogP contribution in [0.5, 0.6) is 0 Å². The predicted molar refractivity (Wildman–Crippen MR) is 68.0 cm³/mol. The van der Waals surface area contributed by atoms with E-state index in [4.69, 9.17) is 0 Å². The highest BCUT2D eigenvalue weighted by atomic mass is 32.2. The van der Waals surface area contributed by atoms with E-state index in [-0.39, 0.29) is 23.2 Å². The van der Waals surface area contributed by atoms with Crippen molar-refractivity contribution in [3.8, 4) is 0 Å². The first-order valence-corrected chi connectivity index (χ1v) is 7.05. The Labute approximate surface area is 114 Å². The number of rotatable bonds is 5. The number of amides is 1. The number of hydrogen-bond donors (Lipinski definition) is 3. The lowest BCUT2D eigenvalue weighted by Crippen LogP contribution is -2.24. The van der Waals surface area contributed by atoms with Gasteiger partial charge in [0.1, 0.15) is 0 Å². The Bertz CT molecular complexity index is 680. The highest BCUT2D eigenvalue weighted by molar-refractivity contribution is 7.89. The molecule has 2 rings (SSSR count). The summed E-state index contributed by atoms with van der Waals surface area (Å²) in [6.45, 7) is -0.0734. The molecule has 0 aliphatic carbocycles. The minimum atomic E-state index is -3.69. The third-order valence-corrected chi connectivity index (χ3v) is 3.88. The van der Waals surface area contributed by atoms with Crippen LogP contribution in [0.2, 0.25) is 0 Å². The van der Waals surface area contributed by atoms with Gasteiger partial charge in [-0.3, -0.25) is 4.79 Å². The molecule has 106 valence electrons. The van der Waals surface area contributed by atoms with Gasteiger partial charge < -0.3 is 5.32 Å². The van der Waals surface area contributed by atoms with Gasteiger partial charge in [0, 0.05) is 12.6 Å². The number of nitrogens with zero attached hydrogens (tertiary/aromatic N) is 3. The molecule has 1 aromatic heterocycles. The quantitative estimate of drug-likeness (QED) is 0.651. The van der Waals surface area contributed by atoms with E-state index in [9.17, 15) is 13.2 Å². The molecule has 0 atom stereocenters. The molecule has 10 heteroatoms. The van der Waals surface area contributed by atoms with E-state index in [0.717, 1.165) is 0 Å². The Morgan fingerprint density at radius 1 is 1.30 bits per heavy atom. The van der Waals surface area contributed by atoms with E-state index in [1.54, 1.807) is 0 Å². The summed E-state index contributed by atoms with van der Waals surface area (Å²) in [7, 11) is -2.19. The van der Waals surface area contributed by atoms with E-state index >= 15 is 0 Å². The summed E-state index contributed by atoms with van der Waals surface area (Å²) in [5.41, 5.74) is 0.379. The van der Waals surface area contributed by atoms with Crippen molar-refractivity contribution in [3.63, 3.8) is 0 Å². The maximum atomic E-state index is 12.0. The fraction of sp³-hybridized carbons (Fsp3) is 0.200. The fourth-order valence-electron chi connectivity index (χ4n) is 1.43. The molecule has 1 aromatic carbocycles. The second kappa shape index (κ2) is 5.75. The Kier molecular flexibility index (Phi) is 4.05. The molecule has 1 heterocycles. The standard InChI is InChI=1S/C10H12N6O3S/c1-11-10(17)7-2-4-8(5-3-7)20(18,19)12-6-9-13-15-16-14-9/h2-5,12H,6H2,1H3,(H,11,17)(H,13,14,15,16). The molecule has 0 fully saturated rings. The zero-order valence-corrected chi connectivity index (χ0v) is 11.3. The largest absolute Gasteiger partial charge is 0.355 e. The number of aromatic nitrogens is 4. The SMILES string of the molecule is CNC(=O)c1ccc(S(=O)(=O)NCc2nn[nH]n2)cc1. The van der Waals surface area contributed by atoms with Gasteiger partial charge >= 0.3 is 0 Å². The second-order valence-electron chi connectivity index (χ2n) is 3.76. The lowest BCUT2D eigenvalue weighted by Gasteiger charge is -2.05. The van der Waals surface area contributed by atoms with Crippen LogP contribution in [0, 0.1) is 0 Å². The van der Waals surface area contributed by atoms with E-state index in [1.165, 1.54) is 31.3 Å². The van der Waals surface area contributed by atoms with Crippen LogP contribution in [-0.4, -0.2) is 42.0 Å². The predicted octanol–water partition coefficient (Wildman–Crippen LogP) is -0.962. The molecule has 0 aliphatic heterocycles. The molecular weight excluding hydrogens is 284 g/mol. The Balaban J connectivity index is 2.11. The zero-order valence-electron chi connectivity index (χ0n) is 10.5. The molecule has 0 bridgehead atoms. The zero-order chi connectivity index (χ0) is 14.6. The van der Waals surface area contributed by atoms with Crippen molar-refractivity contribution in [1.82, 2.24) is 30.7 Å². The second-order valence-corrected chi connectivity index (χ2v) is 5.52. The van der Waals surface area contributed by atoms with Crippen LogP contribution in [0.25, 0.3) is 0 Å². The third kappa shape index (κ3) is 3.16. The first kappa shape index (κ1) is 14.1. The van der Waals surface area contributed by atoms with Gasteiger partial charge in [-0.25, -0.2) is 13.1 Å². The molecule has 2 aromatic rings. The van der Waals surface area contributed by atoms with E-state index in [1.807, 2.05) is 0 Å². The maximum absolute atomic E-state index is 12.0. The minimum absolute atomic E-state index is 0.0497. The van der Waals surface area contributed by atoms with Crippen molar-refractivity contribution < 1.29 is 13.2 Å². The number of nitrogens with one attached hydrogen (secondary N) is 3. The molecule has 0 spiro atoms. The summed E-state index contributed by atoms with van der Waals surface area (Å²) in [6.07, 6.45) is 0. The summed E-state index contributed by atoms with van der Waals surface area (Å²) in [4.78, 5) is 11.4. The molecule has 0 saturated carbocycles. The van der Waals surface area contributed by atoms with Crippen LogP contribution in [0.3, 0.4) is 0 Å². The monoisotopic (exact) mass is 296 g/mol. The lowest BCUT2D eigenvalue weighted by molar-refractivity contribution is 0.0963. The summed E-state index contributed by atoms with van der Waals surface area (Å²) in [5, 5.41) is 15.3. The maximum Gasteiger partial charge on any atom is 0.251 e. The molecule has 20 heavy (non-hydrogen) atoms. The van der Waals surface area contributed by atoms with E-state index in [2.05, 4.69) is 30.7 Å². The number of sulfonamides is 1. The number of tetrazole rings is 1. The van der Waals surface area contributed by atoms with Gasteiger partial charge in [0.25, 0.3) is 5.91 Å². The highest BCUT2D eigenvalue weighted by Gasteiger charge is 2.15. The first-order valence-electron chi connectivity index (χ1n) is 5.57. The minimum Gasteiger partial charge on any atom is -0.355 e. The molecule has 9 nitrogen and oxygen atoms in total. The Morgan fingerprint density at radius 2 is 2.00 bits per heavy atom. The van der Waals surface area contributed by atoms with Crippen molar-refractivity contribution in [2.24, 2.45) is 0 Å². The van der Waals surface area contributed by atoms with Crippen molar-refractivity contribution in [2.75, 3.05) is 7.05 Å². The van der Waals surface area contributed by atoms with Gasteiger partial charge in [-0.15, -0.1) is 10.2 Å². The summed E-state index contributed by atoms with van der Waals surface area (Å²) < 4.78 is 26.3. The molecular formula is C10H12N6O3S. The van der Waals surface area contributed by atoms with Crippen LogP contribution in [0.4, 0.5) is 0 Å². The van der Waals surface area contributed by atoms with Gasteiger partial charge in [0.15, 0.2) is 5.82 Å². The average molecular weight is 296 g/mol. The Hall–Kier alpha value is -2.33. The van der Waals surface area contributed by atoms with Crippen LogP contribution < -0.4 is 10.0 Å². The smallest absolute Gasteiger partial charge is 0.251 e. The van der Waals surface area contributed by atoms with Crippen LogP contribution in [0.1, 0.15) is 16.2 Å². The van der Waals surface area contributed by atoms with Crippen molar-refractivity contribution in [2.45, 2.75) is 11.4 Å². The van der Waals surface area contributed by atoms with Crippen molar-refractivity contribution in [1.29, 1.82) is 0 Å². The summed E-state index contributed by atoms with van der Waals surface area (Å²) in [5.74, 6) is -0.0516.